The van der Waals surface area contributed by atoms with E-state index in [0.29, 0.717) is 17.4 Å². The molecule has 8 heteroatoms. The third-order valence-corrected chi connectivity index (χ3v) is 3.43. The Morgan fingerprint density at radius 2 is 2.35 bits per heavy atom. The molecule has 0 aliphatic heterocycles. The molecular formula is C12H10ClFN2O3S. The van der Waals surface area contributed by atoms with E-state index in [4.69, 9.17) is 16.3 Å². The molecule has 0 saturated carbocycles. The first kappa shape index (κ1) is 14.7. The number of nitrogens with one attached hydrogen (secondary N) is 1. The van der Waals surface area contributed by atoms with Crippen LogP contribution in [0.1, 0.15) is 16.1 Å². The first-order chi connectivity index (χ1) is 9.51. The topological polar surface area (TPSA) is 71.5 Å². The summed E-state index contributed by atoms with van der Waals surface area (Å²) in [7, 11) is 1.53. The van der Waals surface area contributed by atoms with E-state index < -0.39 is 17.5 Å². The van der Waals surface area contributed by atoms with Crippen molar-refractivity contribution in [3.8, 4) is 5.75 Å². The number of methoxy groups -OCH3 is 1. The van der Waals surface area contributed by atoms with Gasteiger partial charge in [-0.15, -0.1) is 11.3 Å². The Morgan fingerprint density at radius 1 is 1.60 bits per heavy atom. The van der Waals surface area contributed by atoms with E-state index in [9.17, 15) is 14.3 Å². The Balaban J connectivity index is 2.19. The lowest BCUT2D eigenvalue weighted by Gasteiger charge is -2.06. The van der Waals surface area contributed by atoms with Gasteiger partial charge in [-0.1, -0.05) is 11.6 Å². The van der Waals surface area contributed by atoms with Gasteiger partial charge in [0.25, 0.3) is 5.91 Å². The van der Waals surface area contributed by atoms with Gasteiger partial charge in [-0.3, -0.25) is 10.1 Å². The van der Waals surface area contributed by atoms with Crippen LogP contribution in [0.3, 0.4) is 0 Å². The van der Waals surface area contributed by atoms with Crippen molar-refractivity contribution in [2.75, 3.05) is 12.4 Å². The van der Waals surface area contributed by atoms with Crippen LogP contribution in [0.15, 0.2) is 17.5 Å². The highest BCUT2D eigenvalue weighted by molar-refractivity contribution is 7.13. The van der Waals surface area contributed by atoms with E-state index >= 15 is 0 Å². The number of amides is 1. The monoisotopic (exact) mass is 316 g/mol. The molecular weight excluding hydrogens is 307 g/mol. The van der Waals surface area contributed by atoms with Crippen LogP contribution in [-0.2, 0) is 11.3 Å². The van der Waals surface area contributed by atoms with Gasteiger partial charge in [0.1, 0.15) is 11.6 Å². The largest absolute Gasteiger partial charge is 0.506 e. The number of hydrogen-bond acceptors (Lipinski definition) is 5. The number of halogens is 2. The highest BCUT2D eigenvalue weighted by Gasteiger charge is 2.17. The number of ether oxygens (including phenoxy) is 1. The zero-order valence-corrected chi connectivity index (χ0v) is 11.9. The van der Waals surface area contributed by atoms with E-state index in [-0.39, 0.29) is 10.6 Å². The molecule has 2 N–H and O–H groups in total. The van der Waals surface area contributed by atoms with Crippen LogP contribution in [0.25, 0.3) is 0 Å². The maximum Gasteiger partial charge on any atom is 0.261 e. The van der Waals surface area contributed by atoms with Crippen LogP contribution < -0.4 is 5.32 Å². The molecule has 1 aromatic heterocycles. The summed E-state index contributed by atoms with van der Waals surface area (Å²) >= 11 is 6.81. The highest BCUT2D eigenvalue weighted by atomic mass is 35.5. The normalized spacial score (nSPS) is 10.6. The van der Waals surface area contributed by atoms with E-state index in [0.717, 1.165) is 12.1 Å². The van der Waals surface area contributed by atoms with Crippen LogP contribution >= 0.6 is 22.9 Å². The van der Waals surface area contributed by atoms with E-state index in [2.05, 4.69) is 10.3 Å². The number of aromatic hydroxyl groups is 1. The van der Waals surface area contributed by atoms with Gasteiger partial charge in [-0.25, -0.2) is 9.37 Å². The Morgan fingerprint density at radius 3 is 3.05 bits per heavy atom. The fourth-order valence-electron chi connectivity index (χ4n) is 1.48. The van der Waals surface area contributed by atoms with Crippen LogP contribution in [0, 0.1) is 5.82 Å². The predicted molar refractivity (Wildman–Crippen MR) is 73.9 cm³/mol. The van der Waals surface area contributed by atoms with E-state index in [1.54, 1.807) is 5.38 Å². The van der Waals surface area contributed by atoms with Crippen molar-refractivity contribution in [3.63, 3.8) is 0 Å². The molecule has 0 atom stereocenters. The first-order valence-electron chi connectivity index (χ1n) is 5.44. The SMILES string of the molecule is COCc1csc(NC(=O)c2cc(F)cc(Cl)c2O)n1. The standard InChI is InChI=1S/C12H10ClFN2O3S/c1-19-4-7-5-20-12(15-7)16-11(18)8-2-6(14)3-9(13)10(8)17/h2-3,5,17H,4H2,1H3,(H,15,16,18). The number of nitrogens with zero attached hydrogens (tertiary/aromatic N) is 1. The lowest BCUT2D eigenvalue weighted by Crippen LogP contribution is -2.12. The molecule has 0 spiro atoms. The summed E-state index contributed by atoms with van der Waals surface area (Å²) in [5.41, 5.74) is 0.410. The second-order valence-corrected chi connectivity index (χ2v) is 5.08. The molecule has 2 aromatic rings. The molecule has 1 aromatic carbocycles. The number of anilines is 1. The molecule has 106 valence electrons. The number of phenols is 1. The molecule has 0 unspecified atom stereocenters. The quantitative estimate of drug-likeness (QED) is 0.909. The van der Waals surface area contributed by atoms with Crippen molar-refractivity contribution in [3.05, 3.63) is 39.6 Å². The number of carbonyl (C=O) groups excluding carboxylic acids is 1. The molecule has 5 nitrogen and oxygen atoms in total. The number of aromatic nitrogens is 1. The molecule has 20 heavy (non-hydrogen) atoms. The van der Waals surface area contributed by atoms with Gasteiger partial charge in [-0.05, 0) is 12.1 Å². The lowest BCUT2D eigenvalue weighted by molar-refractivity contribution is 0.102. The van der Waals surface area contributed by atoms with Gasteiger partial charge in [-0.2, -0.15) is 0 Å². The second-order valence-electron chi connectivity index (χ2n) is 3.81. The van der Waals surface area contributed by atoms with Gasteiger partial charge in [0, 0.05) is 12.5 Å². The maximum atomic E-state index is 13.2. The molecule has 2 rings (SSSR count). The highest BCUT2D eigenvalue weighted by Crippen LogP contribution is 2.29. The minimum atomic E-state index is -0.711. The summed E-state index contributed by atoms with van der Waals surface area (Å²) in [5.74, 6) is -1.88. The number of phenolic OH excluding ortho intramolecular Hbond substituents is 1. The average molecular weight is 317 g/mol. The molecule has 1 heterocycles. The molecule has 0 aliphatic carbocycles. The fraction of sp³-hybridized carbons (Fsp3) is 0.167. The summed E-state index contributed by atoms with van der Waals surface area (Å²) in [5, 5.41) is 13.9. The third-order valence-electron chi connectivity index (χ3n) is 2.34. The first-order valence-corrected chi connectivity index (χ1v) is 6.69. The fourth-order valence-corrected chi connectivity index (χ4v) is 2.38. The van der Waals surface area contributed by atoms with Crippen molar-refractivity contribution in [1.29, 1.82) is 0 Å². The smallest absolute Gasteiger partial charge is 0.261 e. The average Bonchev–Trinajstić information content (AvgIpc) is 2.81. The Hall–Kier alpha value is -1.70. The summed E-state index contributed by atoms with van der Waals surface area (Å²) in [6.45, 7) is 0.323. The molecule has 0 fully saturated rings. The summed E-state index contributed by atoms with van der Waals surface area (Å²) in [6.07, 6.45) is 0. The third kappa shape index (κ3) is 3.24. The van der Waals surface area contributed by atoms with Gasteiger partial charge >= 0.3 is 0 Å². The van der Waals surface area contributed by atoms with Crippen molar-refractivity contribution >= 4 is 34.0 Å². The molecule has 0 bridgehead atoms. The van der Waals surface area contributed by atoms with Crippen LogP contribution in [-0.4, -0.2) is 23.1 Å². The van der Waals surface area contributed by atoms with E-state index in [1.807, 2.05) is 0 Å². The van der Waals surface area contributed by atoms with Crippen molar-refractivity contribution < 1.29 is 19.0 Å². The second kappa shape index (κ2) is 6.17. The van der Waals surface area contributed by atoms with Gasteiger partial charge in [0.15, 0.2) is 5.13 Å². The van der Waals surface area contributed by atoms with Crippen LogP contribution in [0.2, 0.25) is 5.02 Å². The van der Waals surface area contributed by atoms with Crippen molar-refractivity contribution in [1.82, 2.24) is 4.98 Å². The number of benzene rings is 1. The molecule has 0 aliphatic rings. The molecule has 0 saturated heterocycles. The van der Waals surface area contributed by atoms with Gasteiger partial charge in [0.2, 0.25) is 0 Å². The number of rotatable bonds is 4. The minimum Gasteiger partial charge on any atom is -0.506 e. The Bertz CT molecular complexity index is 648. The lowest BCUT2D eigenvalue weighted by atomic mass is 10.2. The number of carbonyl (C=O) groups is 1. The minimum absolute atomic E-state index is 0.227. The van der Waals surface area contributed by atoms with Gasteiger partial charge in [0.05, 0.1) is 22.9 Å². The van der Waals surface area contributed by atoms with Crippen LogP contribution in [0.4, 0.5) is 9.52 Å². The van der Waals surface area contributed by atoms with E-state index in [1.165, 1.54) is 18.4 Å². The van der Waals surface area contributed by atoms with Crippen molar-refractivity contribution in [2.45, 2.75) is 6.61 Å². The maximum absolute atomic E-state index is 13.2. The zero-order valence-electron chi connectivity index (χ0n) is 10.3. The van der Waals surface area contributed by atoms with Gasteiger partial charge < -0.3 is 9.84 Å². The Labute approximate surface area is 123 Å². The molecule has 1 amide bonds. The summed E-state index contributed by atoms with van der Waals surface area (Å²) in [6, 6.07) is 1.83. The Kier molecular flexibility index (Phi) is 4.53. The van der Waals surface area contributed by atoms with Crippen molar-refractivity contribution in [2.24, 2.45) is 0 Å². The predicted octanol–water partition coefficient (Wildman–Crippen LogP) is 3.04. The summed E-state index contributed by atoms with van der Waals surface area (Å²) < 4.78 is 18.1. The number of thiazole rings is 1. The number of hydrogen-bond donors (Lipinski definition) is 2. The zero-order chi connectivity index (χ0) is 14.7. The van der Waals surface area contributed by atoms with Crippen LogP contribution in [0.5, 0.6) is 5.75 Å². The molecule has 0 radical (unpaired) electrons. The summed E-state index contributed by atoms with van der Waals surface area (Å²) in [4.78, 5) is 16.0.